The lowest BCUT2D eigenvalue weighted by Crippen LogP contribution is -2.17. The van der Waals surface area contributed by atoms with Crippen molar-refractivity contribution >= 4 is 30.8 Å². The highest BCUT2D eigenvalue weighted by Crippen LogP contribution is 2.59. The van der Waals surface area contributed by atoms with Crippen LogP contribution < -0.4 is 5.73 Å². The second kappa shape index (κ2) is 7.02. The number of rotatable bonds is 6. The molecular formula is C11H15Cl2FNO3P. The summed E-state index contributed by atoms with van der Waals surface area (Å²) in [6.45, 7) is 3.50. The van der Waals surface area contributed by atoms with Crippen LogP contribution in [0.25, 0.3) is 0 Å². The van der Waals surface area contributed by atoms with E-state index >= 15 is 0 Å². The van der Waals surface area contributed by atoms with Crippen molar-refractivity contribution in [2.45, 2.75) is 19.6 Å². The van der Waals surface area contributed by atoms with Crippen molar-refractivity contribution in [3.63, 3.8) is 0 Å². The second-order valence-electron chi connectivity index (χ2n) is 3.58. The maximum absolute atomic E-state index is 14.0. The molecule has 0 saturated heterocycles. The van der Waals surface area contributed by atoms with E-state index in [-0.39, 0.29) is 28.8 Å². The van der Waals surface area contributed by atoms with Gasteiger partial charge in [-0.25, -0.2) is 4.39 Å². The molecule has 0 bridgehead atoms. The van der Waals surface area contributed by atoms with E-state index in [1.807, 2.05) is 0 Å². The lowest BCUT2D eigenvalue weighted by atomic mass is 10.2. The molecule has 0 heterocycles. The summed E-state index contributed by atoms with van der Waals surface area (Å²) in [6, 6.07) is 2.67. The summed E-state index contributed by atoms with van der Waals surface area (Å²) in [7, 11) is -3.71. The van der Waals surface area contributed by atoms with Crippen LogP contribution in [0.3, 0.4) is 0 Å². The molecule has 8 heteroatoms. The maximum atomic E-state index is 14.0. The first kappa shape index (κ1) is 16.9. The fourth-order valence-electron chi connectivity index (χ4n) is 1.53. The molecule has 0 unspecified atom stereocenters. The Labute approximate surface area is 121 Å². The fourth-order valence-corrected chi connectivity index (χ4v) is 3.72. The Morgan fingerprint density at radius 2 is 1.74 bits per heavy atom. The van der Waals surface area contributed by atoms with Crippen LogP contribution in [0.15, 0.2) is 12.1 Å². The van der Waals surface area contributed by atoms with Crippen molar-refractivity contribution in [2.24, 2.45) is 5.73 Å². The molecule has 1 rings (SSSR count). The first-order chi connectivity index (χ1) is 8.87. The van der Waals surface area contributed by atoms with Gasteiger partial charge in [-0.2, -0.15) is 0 Å². The van der Waals surface area contributed by atoms with Crippen LogP contribution in [0, 0.1) is 5.82 Å². The van der Waals surface area contributed by atoms with Gasteiger partial charge < -0.3 is 14.8 Å². The Morgan fingerprint density at radius 3 is 2.21 bits per heavy atom. The van der Waals surface area contributed by atoms with E-state index in [1.54, 1.807) is 13.8 Å². The van der Waals surface area contributed by atoms with Crippen LogP contribution in [-0.4, -0.2) is 13.2 Å². The number of hydrogen-bond donors (Lipinski definition) is 1. The van der Waals surface area contributed by atoms with E-state index in [1.165, 1.54) is 12.1 Å². The normalized spacial score (nSPS) is 13.6. The van der Waals surface area contributed by atoms with Crippen molar-refractivity contribution in [2.75, 3.05) is 13.2 Å². The van der Waals surface area contributed by atoms with Gasteiger partial charge in [0.15, 0.2) is 0 Å². The number of hydrogen-bond acceptors (Lipinski definition) is 4. The number of halogens is 3. The Bertz CT molecular complexity index is 491. The molecular weight excluding hydrogens is 315 g/mol. The van der Waals surface area contributed by atoms with E-state index in [9.17, 15) is 8.96 Å². The molecule has 0 saturated carbocycles. The van der Waals surface area contributed by atoms with Gasteiger partial charge in [-0.15, -0.1) is 0 Å². The van der Waals surface area contributed by atoms with E-state index in [0.29, 0.717) is 0 Å². The van der Waals surface area contributed by atoms with Gasteiger partial charge in [0, 0.05) is 10.6 Å². The summed E-state index contributed by atoms with van der Waals surface area (Å²) in [5.41, 5.74) is 5.65. The van der Waals surface area contributed by atoms with Crippen LogP contribution >= 0.6 is 30.8 Å². The first-order valence-electron chi connectivity index (χ1n) is 5.65. The highest BCUT2D eigenvalue weighted by Gasteiger charge is 2.37. The summed E-state index contributed by atoms with van der Waals surface area (Å²) in [6.07, 6.45) is 0. The van der Waals surface area contributed by atoms with E-state index in [0.717, 1.165) is 0 Å². The highest BCUT2D eigenvalue weighted by molar-refractivity contribution is 7.54. The van der Waals surface area contributed by atoms with Gasteiger partial charge in [0.1, 0.15) is 11.6 Å². The zero-order valence-electron chi connectivity index (χ0n) is 10.5. The molecule has 0 amide bonds. The van der Waals surface area contributed by atoms with Crippen molar-refractivity contribution in [1.82, 2.24) is 0 Å². The SMILES string of the molecule is CCOP(=O)(OCC)[C@H](N)c1c(Cl)ccc(Cl)c1F. The molecule has 1 aromatic rings. The fraction of sp³-hybridized carbons (Fsp3) is 0.455. The monoisotopic (exact) mass is 329 g/mol. The molecule has 0 spiro atoms. The zero-order valence-corrected chi connectivity index (χ0v) is 12.9. The maximum Gasteiger partial charge on any atom is 0.351 e. The molecule has 1 atom stereocenters. The minimum atomic E-state index is -3.71. The van der Waals surface area contributed by atoms with E-state index in [4.69, 9.17) is 38.0 Å². The minimum Gasteiger partial charge on any atom is -0.314 e. The van der Waals surface area contributed by atoms with Gasteiger partial charge in [0.2, 0.25) is 0 Å². The van der Waals surface area contributed by atoms with Crippen LogP contribution in [-0.2, 0) is 13.6 Å². The summed E-state index contributed by atoms with van der Waals surface area (Å²) in [5.74, 6) is -2.15. The molecule has 0 aliphatic carbocycles. The smallest absolute Gasteiger partial charge is 0.314 e. The van der Waals surface area contributed by atoms with Crippen molar-refractivity contribution in [3.05, 3.63) is 33.6 Å². The standard InChI is InChI=1S/C11H15Cl2FNO3P/c1-3-17-19(16,18-4-2)11(15)9-7(12)5-6-8(13)10(9)14/h5-6,11H,3-4,15H2,1-2H3/t11-/m0/s1. The quantitative estimate of drug-likeness (QED) is 0.622. The van der Waals surface area contributed by atoms with E-state index < -0.39 is 19.2 Å². The van der Waals surface area contributed by atoms with Gasteiger partial charge in [-0.3, -0.25) is 4.57 Å². The number of nitrogens with two attached hydrogens (primary N) is 1. The predicted molar refractivity (Wildman–Crippen MR) is 74.2 cm³/mol. The van der Waals surface area contributed by atoms with Crippen molar-refractivity contribution < 1.29 is 18.0 Å². The molecule has 4 nitrogen and oxygen atoms in total. The Morgan fingerprint density at radius 1 is 1.26 bits per heavy atom. The van der Waals surface area contributed by atoms with Crippen LogP contribution in [0.5, 0.6) is 0 Å². The Hall–Kier alpha value is -0.160. The highest BCUT2D eigenvalue weighted by atomic mass is 35.5. The van der Waals surface area contributed by atoms with Crippen molar-refractivity contribution in [3.8, 4) is 0 Å². The number of benzene rings is 1. The third-order valence-electron chi connectivity index (χ3n) is 2.33. The largest absolute Gasteiger partial charge is 0.351 e. The predicted octanol–water partition coefficient (Wildman–Crippen LogP) is 4.36. The molecule has 2 N–H and O–H groups in total. The Kier molecular flexibility index (Phi) is 6.24. The molecule has 19 heavy (non-hydrogen) atoms. The Balaban J connectivity index is 3.28. The molecule has 0 radical (unpaired) electrons. The van der Waals surface area contributed by atoms with Gasteiger partial charge in [0.25, 0.3) is 0 Å². The van der Waals surface area contributed by atoms with Crippen LogP contribution in [0.1, 0.15) is 25.2 Å². The molecule has 0 aliphatic rings. The summed E-state index contributed by atoms with van der Waals surface area (Å²) in [5, 5.41) is -0.136. The van der Waals surface area contributed by atoms with Gasteiger partial charge in [-0.1, -0.05) is 23.2 Å². The lowest BCUT2D eigenvalue weighted by Gasteiger charge is -2.24. The first-order valence-corrected chi connectivity index (χ1v) is 8.01. The average molecular weight is 330 g/mol. The molecule has 108 valence electrons. The topological polar surface area (TPSA) is 61.5 Å². The third kappa shape index (κ3) is 3.69. The molecule has 0 aromatic heterocycles. The second-order valence-corrected chi connectivity index (χ2v) is 6.54. The minimum absolute atomic E-state index is 0.0223. The van der Waals surface area contributed by atoms with E-state index in [2.05, 4.69) is 0 Å². The molecule has 0 aliphatic heterocycles. The summed E-state index contributed by atoms with van der Waals surface area (Å²) >= 11 is 11.6. The summed E-state index contributed by atoms with van der Waals surface area (Å²) < 4.78 is 36.6. The molecule has 1 aromatic carbocycles. The average Bonchev–Trinajstić information content (AvgIpc) is 2.35. The van der Waals surface area contributed by atoms with Crippen molar-refractivity contribution in [1.29, 1.82) is 0 Å². The van der Waals surface area contributed by atoms with Crippen LogP contribution in [0.2, 0.25) is 10.0 Å². The van der Waals surface area contributed by atoms with Gasteiger partial charge in [-0.05, 0) is 26.0 Å². The zero-order chi connectivity index (χ0) is 14.6. The van der Waals surface area contributed by atoms with Gasteiger partial charge in [0.05, 0.1) is 18.2 Å². The van der Waals surface area contributed by atoms with Crippen LogP contribution in [0.4, 0.5) is 4.39 Å². The van der Waals surface area contributed by atoms with Gasteiger partial charge >= 0.3 is 7.60 Å². The third-order valence-corrected chi connectivity index (χ3v) is 5.13. The molecule has 0 fully saturated rings. The lowest BCUT2D eigenvalue weighted by molar-refractivity contribution is 0.212. The summed E-state index contributed by atoms with van der Waals surface area (Å²) in [4.78, 5) is 0.